The molecule has 0 N–H and O–H groups in total. The molecule has 0 saturated heterocycles. The number of methoxy groups -OCH3 is 1. The molecule has 146 valence electrons. The second kappa shape index (κ2) is 8.42. The highest BCUT2D eigenvalue weighted by Gasteiger charge is 2.36. The van der Waals surface area contributed by atoms with Gasteiger partial charge in [-0.2, -0.15) is 13.2 Å². The maximum atomic E-state index is 12.9. The Hall–Kier alpha value is -1.56. The molecule has 1 aliphatic carbocycles. The maximum Gasteiger partial charge on any atom is 0.416 e. The van der Waals surface area contributed by atoms with Crippen LogP contribution in [0.25, 0.3) is 0 Å². The van der Waals surface area contributed by atoms with Crippen LogP contribution in [0.2, 0.25) is 0 Å². The predicted molar refractivity (Wildman–Crippen MR) is 92.4 cm³/mol. The first-order valence-electron chi connectivity index (χ1n) is 9.04. The summed E-state index contributed by atoms with van der Waals surface area (Å²) in [7, 11) is 1.30. The summed E-state index contributed by atoms with van der Waals surface area (Å²) in [6, 6.07) is 4.64. The van der Waals surface area contributed by atoms with Gasteiger partial charge in [-0.25, -0.2) is 4.79 Å². The van der Waals surface area contributed by atoms with Crippen LogP contribution in [0.3, 0.4) is 0 Å². The summed E-state index contributed by atoms with van der Waals surface area (Å²) in [5, 5.41) is 0. The molecular weight excluding hydrogens is 345 g/mol. The molecule has 0 aromatic heterocycles. The van der Waals surface area contributed by atoms with Gasteiger partial charge < -0.3 is 9.47 Å². The molecule has 1 saturated carbocycles. The zero-order valence-corrected chi connectivity index (χ0v) is 15.7. The molecule has 3 nitrogen and oxygen atoms in total. The summed E-state index contributed by atoms with van der Waals surface area (Å²) in [5.41, 5.74) is -0.659. The van der Waals surface area contributed by atoms with Gasteiger partial charge in [0.2, 0.25) is 0 Å². The minimum Gasteiger partial charge on any atom is -0.460 e. The quantitative estimate of drug-likeness (QED) is 0.650. The third kappa shape index (κ3) is 5.00. The van der Waals surface area contributed by atoms with E-state index < -0.39 is 23.8 Å². The van der Waals surface area contributed by atoms with Crippen molar-refractivity contribution in [3.63, 3.8) is 0 Å². The fourth-order valence-electron chi connectivity index (χ4n) is 3.71. The number of esters is 1. The number of rotatable bonds is 5. The van der Waals surface area contributed by atoms with Gasteiger partial charge in [0.15, 0.2) is 6.10 Å². The molecular formula is C20H27F3O3. The van der Waals surface area contributed by atoms with Crippen LogP contribution in [0.5, 0.6) is 0 Å². The Morgan fingerprint density at radius 1 is 1.23 bits per heavy atom. The Morgan fingerprint density at radius 2 is 1.92 bits per heavy atom. The molecule has 0 heterocycles. The fraction of sp³-hybridized carbons (Fsp3) is 0.650. The lowest BCUT2D eigenvalue weighted by molar-refractivity contribution is -0.168. The number of halogens is 3. The minimum atomic E-state index is -4.47. The van der Waals surface area contributed by atoms with E-state index in [4.69, 9.17) is 9.47 Å². The number of alkyl halides is 3. The topological polar surface area (TPSA) is 35.5 Å². The van der Waals surface area contributed by atoms with Crippen molar-refractivity contribution in [2.45, 2.75) is 58.4 Å². The van der Waals surface area contributed by atoms with Crippen LogP contribution in [-0.2, 0) is 20.4 Å². The van der Waals surface area contributed by atoms with Crippen molar-refractivity contribution >= 4 is 5.97 Å². The molecule has 0 radical (unpaired) electrons. The molecule has 2 rings (SSSR count). The van der Waals surface area contributed by atoms with Crippen LogP contribution >= 0.6 is 0 Å². The second-order valence-corrected chi connectivity index (χ2v) is 7.54. The third-order valence-corrected chi connectivity index (χ3v) is 5.20. The van der Waals surface area contributed by atoms with Gasteiger partial charge in [0.05, 0.1) is 5.56 Å². The molecule has 0 aliphatic heterocycles. The minimum absolute atomic E-state index is 0.150. The van der Waals surface area contributed by atoms with E-state index in [1.807, 2.05) is 0 Å². The standard InChI is InChI=1S/C20H27F3O3/c1-12(2)16-9-8-13(3)10-17(16)26-19(24)18(25-4)14-6-5-7-15(11-14)20(21,22)23/h5-7,11-13,16-18H,8-10H2,1-4H3. The van der Waals surface area contributed by atoms with E-state index in [1.165, 1.54) is 19.2 Å². The van der Waals surface area contributed by atoms with Crippen LogP contribution in [0.4, 0.5) is 13.2 Å². The zero-order valence-electron chi connectivity index (χ0n) is 15.7. The largest absolute Gasteiger partial charge is 0.460 e. The van der Waals surface area contributed by atoms with E-state index in [-0.39, 0.29) is 17.6 Å². The van der Waals surface area contributed by atoms with Crippen molar-refractivity contribution in [2.75, 3.05) is 7.11 Å². The van der Waals surface area contributed by atoms with Gasteiger partial charge in [-0.15, -0.1) is 0 Å². The lowest BCUT2D eigenvalue weighted by Gasteiger charge is -2.37. The van der Waals surface area contributed by atoms with E-state index in [0.29, 0.717) is 11.8 Å². The average Bonchev–Trinajstić information content (AvgIpc) is 2.54. The van der Waals surface area contributed by atoms with Crippen molar-refractivity contribution in [3.05, 3.63) is 35.4 Å². The SMILES string of the molecule is COC(C(=O)OC1CC(C)CCC1C(C)C)c1cccc(C(F)(F)F)c1. The number of carbonyl (C=O) groups is 1. The Bertz CT molecular complexity index is 613. The Balaban J connectivity index is 2.18. The molecule has 0 bridgehead atoms. The monoisotopic (exact) mass is 372 g/mol. The van der Waals surface area contributed by atoms with Crippen LogP contribution in [-0.4, -0.2) is 19.2 Å². The Morgan fingerprint density at radius 3 is 2.50 bits per heavy atom. The second-order valence-electron chi connectivity index (χ2n) is 7.54. The van der Waals surface area contributed by atoms with Gasteiger partial charge >= 0.3 is 12.1 Å². The molecule has 1 aromatic rings. The molecule has 26 heavy (non-hydrogen) atoms. The summed E-state index contributed by atoms with van der Waals surface area (Å²) in [4.78, 5) is 12.7. The summed E-state index contributed by atoms with van der Waals surface area (Å²) < 4.78 is 49.7. The third-order valence-electron chi connectivity index (χ3n) is 5.20. The van der Waals surface area contributed by atoms with Gasteiger partial charge in [0.1, 0.15) is 6.10 Å². The summed E-state index contributed by atoms with van der Waals surface area (Å²) >= 11 is 0. The van der Waals surface area contributed by atoms with Crippen molar-refractivity contribution in [1.29, 1.82) is 0 Å². The van der Waals surface area contributed by atoms with Gasteiger partial charge in [0, 0.05) is 7.11 Å². The predicted octanol–water partition coefficient (Wildman–Crippen LogP) is 5.40. The van der Waals surface area contributed by atoms with E-state index in [2.05, 4.69) is 20.8 Å². The normalized spacial score (nSPS) is 25.2. The number of hydrogen-bond acceptors (Lipinski definition) is 3. The number of ether oxygens (including phenoxy) is 2. The van der Waals surface area contributed by atoms with Crippen molar-refractivity contribution in [1.82, 2.24) is 0 Å². The van der Waals surface area contributed by atoms with Crippen molar-refractivity contribution < 1.29 is 27.4 Å². The van der Waals surface area contributed by atoms with Gasteiger partial charge in [-0.05, 0) is 48.3 Å². The van der Waals surface area contributed by atoms with E-state index >= 15 is 0 Å². The smallest absolute Gasteiger partial charge is 0.416 e. The van der Waals surface area contributed by atoms with Crippen LogP contribution in [0.15, 0.2) is 24.3 Å². The molecule has 0 spiro atoms. The molecule has 6 heteroatoms. The van der Waals surface area contributed by atoms with E-state index in [0.717, 1.165) is 31.4 Å². The molecule has 4 atom stereocenters. The number of carbonyl (C=O) groups excluding carboxylic acids is 1. The lowest BCUT2D eigenvalue weighted by Crippen LogP contribution is -2.37. The van der Waals surface area contributed by atoms with Crippen LogP contribution in [0.1, 0.15) is 57.3 Å². The number of hydrogen-bond donors (Lipinski definition) is 0. The average molecular weight is 372 g/mol. The maximum absolute atomic E-state index is 12.9. The molecule has 1 aromatic carbocycles. The van der Waals surface area contributed by atoms with E-state index in [1.54, 1.807) is 0 Å². The Labute approximate surface area is 152 Å². The number of benzene rings is 1. The first-order valence-corrected chi connectivity index (χ1v) is 9.04. The molecule has 4 unspecified atom stereocenters. The van der Waals surface area contributed by atoms with Crippen molar-refractivity contribution in [3.8, 4) is 0 Å². The molecule has 1 fully saturated rings. The Kier molecular flexibility index (Phi) is 6.72. The highest BCUT2D eigenvalue weighted by atomic mass is 19.4. The summed E-state index contributed by atoms with van der Waals surface area (Å²) in [5.74, 6) is 0.456. The van der Waals surface area contributed by atoms with Crippen molar-refractivity contribution in [2.24, 2.45) is 17.8 Å². The first-order chi connectivity index (χ1) is 12.1. The fourth-order valence-corrected chi connectivity index (χ4v) is 3.71. The first kappa shape index (κ1) is 20.7. The highest BCUT2D eigenvalue weighted by molar-refractivity contribution is 5.76. The van der Waals surface area contributed by atoms with Crippen LogP contribution < -0.4 is 0 Å². The van der Waals surface area contributed by atoms with E-state index in [9.17, 15) is 18.0 Å². The van der Waals surface area contributed by atoms with Crippen LogP contribution in [0, 0.1) is 17.8 Å². The molecule has 1 aliphatic rings. The summed E-state index contributed by atoms with van der Waals surface area (Å²) in [6.45, 7) is 6.32. The van der Waals surface area contributed by atoms with Gasteiger partial charge in [-0.1, -0.05) is 39.3 Å². The summed E-state index contributed by atoms with van der Waals surface area (Å²) in [6.07, 6.45) is -3.01. The highest BCUT2D eigenvalue weighted by Crippen LogP contribution is 2.37. The van der Waals surface area contributed by atoms with Gasteiger partial charge in [0.25, 0.3) is 0 Å². The zero-order chi connectivity index (χ0) is 19.5. The molecule has 0 amide bonds. The van der Waals surface area contributed by atoms with Gasteiger partial charge in [-0.3, -0.25) is 0 Å². The lowest BCUT2D eigenvalue weighted by atomic mass is 9.75.